The van der Waals surface area contributed by atoms with Crippen molar-refractivity contribution >= 4 is 21.2 Å². The molecule has 20 heavy (non-hydrogen) atoms. The maximum absolute atomic E-state index is 12.2. The molecule has 2 N–H and O–H groups in total. The van der Waals surface area contributed by atoms with E-state index >= 15 is 0 Å². The van der Waals surface area contributed by atoms with Crippen LogP contribution in [0.5, 0.6) is 0 Å². The van der Waals surface area contributed by atoms with Gasteiger partial charge in [-0.3, -0.25) is 10.1 Å². The smallest absolute Gasteiger partial charge is 0.273 e. The summed E-state index contributed by atoms with van der Waals surface area (Å²) in [5.41, 5.74) is 5.46. The van der Waals surface area contributed by atoms with E-state index in [4.69, 9.17) is 5.73 Å². The Morgan fingerprint density at radius 2 is 1.90 bits per heavy atom. The zero-order valence-electron chi connectivity index (χ0n) is 10.3. The molecule has 0 saturated carbocycles. The van der Waals surface area contributed by atoms with Crippen LogP contribution in [0.3, 0.4) is 0 Å². The highest BCUT2D eigenvalue weighted by molar-refractivity contribution is 7.90. The predicted molar refractivity (Wildman–Crippen MR) is 72.6 cm³/mol. The molecule has 0 spiro atoms. The molecule has 0 aliphatic heterocycles. The number of nitro groups is 1. The number of nitrogen functional groups attached to an aromatic ring is 1. The molecule has 0 saturated heterocycles. The van der Waals surface area contributed by atoms with Crippen molar-refractivity contribution in [2.75, 3.05) is 5.73 Å². The number of nitrogens with zero attached hydrogens (tertiary/aromatic N) is 2. The Bertz CT molecular complexity index is 759. The zero-order chi connectivity index (χ0) is 14.8. The van der Waals surface area contributed by atoms with Gasteiger partial charge in [0.15, 0.2) is 5.03 Å². The number of anilines is 1. The molecule has 1 aromatic heterocycles. The average Bonchev–Trinajstić information content (AvgIpc) is 2.39. The topological polar surface area (TPSA) is 116 Å². The first kappa shape index (κ1) is 13.9. The van der Waals surface area contributed by atoms with Gasteiger partial charge in [-0.2, -0.15) is 0 Å². The molecule has 0 unspecified atom stereocenters. The van der Waals surface area contributed by atoms with Gasteiger partial charge in [0.25, 0.3) is 5.69 Å². The van der Waals surface area contributed by atoms with Gasteiger partial charge in [0, 0.05) is 17.8 Å². The third kappa shape index (κ3) is 2.75. The normalized spacial score (nSPS) is 11.2. The number of sulfone groups is 1. The van der Waals surface area contributed by atoms with Crippen molar-refractivity contribution in [3.05, 3.63) is 58.3 Å². The van der Waals surface area contributed by atoms with Crippen LogP contribution >= 0.6 is 0 Å². The van der Waals surface area contributed by atoms with E-state index < -0.39 is 20.5 Å². The van der Waals surface area contributed by atoms with Crippen LogP contribution < -0.4 is 5.73 Å². The fourth-order valence-electron chi connectivity index (χ4n) is 1.75. The Morgan fingerprint density at radius 1 is 1.20 bits per heavy atom. The van der Waals surface area contributed by atoms with Crippen LogP contribution in [0.15, 0.2) is 47.6 Å². The third-order valence-corrected chi connectivity index (χ3v) is 4.25. The first-order chi connectivity index (χ1) is 9.42. The predicted octanol–water partition coefficient (Wildman–Crippen LogP) is 1.55. The Balaban J connectivity index is 2.45. The third-order valence-electron chi connectivity index (χ3n) is 2.63. The summed E-state index contributed by atoms with van der Waals surface area (Å²) in [7, 11) is -3.84. The summed E-state index contributed by atoms with van der Waals surface area (Å²) in [6.07, 6.45) is 1.31. The number of aromatic nitrogens is 1. The van der Waals surface area contributed by atoms with E-state index in [1.165, 1.54) is 36.5 Å². The number of nitrogens with two attached hydrogens (primary N) is 1. The lowest BCUT2D eigenvalue weighted by Gasteiger charge is -2.06. The maximum atomic E-state index is 12.2. The number of para-hydroxylation sites is 1. The van der Waals surface area contributed by atoms with E-state index in [1.807, 2.05) is 0 Å². The molecule has 0 aliphatic rings. The van der Waals surface area contributed by atoms with Gasteiger partial charge >= 0.3 is 0 Å². The summed E-state index contributed by atoms with van der Waals surface area (Å²) in [5, 5.41) is 10.6. The van der Waals surface area contributed by atoms with Crippen LogP contribution in [-0.4, -0.2) is 18.3 Å². The van der Waals surface area contributed by atoms with Crippen molar-refractivity contribution in [1.82, 2.24) is 4.98 Å². The Kier molecular flexibility index (Phi) is 3.66. The highest BCUT2D eigenvalue weighted by Crippen LogP contribution is 2.24. The van der Waals surface area contributed by atoms with Crippen molar-refractivity contribution in [3.63, 3.8) is 0 Å². The van der Waals surface area contributed by atoms with E-state index in [0.717, 1.165) is 0 Å². The summed E-state index contributed by atoms with van der Waals surface area (Å²) < 4.78 is 24.5. The summed E-state index contributed by atoms with van der Waals surface area (Å²) in [6.45, 7) is 0. The van der Waals surface area contributed by atoms with Crippen LogP contribution in [0, 0.1) is 10.1 Å². The lowest BCUT2D eigenvalue weighted by molar-refractivity contribution is -0.385. The second-order valence-electron chi connectivity index (χ2n) is 4.04. The second kappa shape index (κ2) is 5.25. The molecular weight excluding hydrogens is 282 g/mol. The number of benzene rings is 1. The summed E-state index contributed by atoms with van der Waals surface area (Å²) >= 11 is 0. The monoisotopic (exact) mass is 293 g/mol. The zero-order valence-corrected chi connectivity index (χ0v) is 11.1. The highest BCUT2D eigenvalue weighted by Gasteiger charge is 2.24. The largest absolute Gasteiger partial charge is 0.396 e. The highest BCUT2D eigenvalue weighted by atomic mass is 32.2. The SMILES string of the molecule is Nc1cccnc1S(=O)(=O)Cc1ccccc1[N+](=O)[O-]. The summed E-state index contributed by atoms with van der Waals surface area (Å²) in [6, 6.07) is 8.60. The van der Waals surface area contributed by atoms with Crippen LogP contribution in [0.1, 0.15) is 5.56 Å². The molecule has 1 heterocycles. The lowest BCUT2D eigenvalue weighted by Crippen LogP contribution is -2.11. The fraction of sp³-hybridized carbons (Fsp3) is 0.0833. The number of rotatable bonds is 4. The first-order valence-corrected chi connectivity index (χ1v) is 7.22. The van der Waals surface area contributed by atoms with E-state index in [2.05, 4.69) is 4.98 Å². The fourth-order valence-corrected chi connectivity index (χ4v) is 3.19. The van der Waals surface area contributed by atoms with E-state index in [-0.39, 0.29) is 22.0 Å². The number of nitro benzene ring substituents is 1. The minimum absolute atomic E-state index is 0.0195. The number of hydrogen-bond acceptors (Lipinski definition) is 6. The van der Waals surface area contributed by atoms with Crippen molar-refractivity contribution in [2.24, 2.45) is 0 Å². The van der Waals surface area contributed by atoms with Gasteiger partial charge in [0.05, 0.1) is 16.4 Å². The molecule has 0 atom stereocenters. The summed E-state index contributed by atoms with van der Waals surface area (Å²) in [4.78, 5) is 14.0. The first-order valence-electron chi connectivity index (χ1n) is 5.57. The van der Waals surface area contributed by atoms with Crippen LogP contribution in [0.25, 0.3) is 0 Å². The molecule has 8 heteroatoms. The lowest BCUT2D eigenvalue weighted by atomic mass is 10.2. The Morgan fingerprint density at radius 3 is 2.55 bits per heavy atom. The van der Waals surface area contributed by atoms with Crippen molar-refractivity contribution in [2.45, 2.75) is 10.8 Å². The van der Waals surface area contributed by atoms with E-state index in [9.17, 15) is 18.5 Å². The minimum Gasteiger partial charge on any atom is -0.396 e. The standard InChI is InChI=1S/C12H11N3O4S/c13-10-5-3-7-14-12(10)20(18,19)8-9-4-1-2-6-11(9)15(16)17/h1-7H,8,13H2. The second-order valence-corrected chi connectivity index (χ2v) is 5.95. The maximum Gasteiger partial charge on any atom is 0.273 e. The van der Waals surface area contributed by atoms with Gasteiger partial charge in [-0.15, -0.1) is 0 Å². The molecule has 104 valence electrons. The Labute approximate surface area is 115 Å². The van der Waals surface area contributed by atoms with E-state index in [1.54, 1.807) is 6.07 Å². The van der Waals surface area contributed by atoms with Gasteiger partial charge in [0.1, 0.15) is 0 Å². The number of hydrogen-bond donors (Lipinski definition) is 1. The number of pyridine rings is 1. The van der Waals surface area contributed by atoms with E-state index in [0.29, 0.717) is 0 Å². The molecule has 0 radical (unpaired) electrons. The average molecular weight is 293 g/mol. The van der Waals surface area contributed by atoms with Crippen molar-refractivity contribution in [3.8, 4) is 0 Å². The molecule has 0 fully saturated rings. The molecule has 0 aliphatic carbocycles. The minimum atomic E-state index is -3.84. The molecule has 0 bridgehead atoms. The molecular formula is C12H11N3O4S. The molecule has 2 rings (SSSR count). The molecule has 2 aromatic rings. The quantitative estimate of drug-likeness (QED) is 0.675. The van der Waals surface area contributed by atoms with Crippen molar-refractivity contribution < 1.29 is 13.3 Å². The molecule has 0 amide bonds. The van der Waals surface area contributed by atoms with Crippen LogP contribution in [-0.2, 0) is 15.6 Å². The Hall–Kier alpha value is -2.48. The van der Waals surface area contributed by atoms with Crippen LogP contribution in [0.2, 0.25) is 0 Å². The summed E-state index contributed by atoms with van der Waals surface area (Å²) in [5.74, 6) is -0.522. The van der Waals surface area contributed by atoms with Gasteiger partial charge in [-0.25, -0.2) is 13.4 Å². The van der Waals surface area contributed by atoms with Gasteiger partial charge in [0.2, 0.25) is 9.84 Å². The molecule has 7 nitrogen and oxygen atoms in total. The van der Waals surface area contributed by atoms with Gasteiger partial charge < -0.3 is 5.73 Å². The van der Waals surface area contributed by atoms with Gasteiger partial charge in [-0.05, 0) is 12.1 Å². The molecule has 1 aromatic carbocycles. The van der Waals surface area contributed by atoms with Gasteiger partial charge in [-0.1, -0.05) is 18.2 Å². The van der Waals surface area contributed by atoms with Crippen molar-refractivity contribution in [1.29, 1.82) is 0 Å². The van der Waals surface area contributed by atoms with Crippen LogP contribution in [0.4, 0.5) is 11.4 Å².